The van der Waals surface area contributed by atoms with Crippen molar-refractivity contribution in [1.29, 1.82) is 5.26 Å². The second kappa shape index (κ2) is 6.68. The van der Waals surface area contributed by atoms with E-state index in [0.717, 1.165) is 0 Å². The molecular weight excluding hydrogens is 426 g/mol. The lowest BCUT2D eigenvalue weighted by atomic mass is 9.61. The van der Waals surface area contributed by atoms with E-state index in [2.05, 4.69) is 16.4 Å². The molecule has 160 valence electrons. The van der Waals surface area contributed by atoms with Gasteiger partial charge < -0.3 is 11.1 Å². The Kier molecular flexibility index (Phi) is 4.24. The minimum absolute atomic E-state index is 0.0171. The summed E-state index contributed by atoms with van der Waals surface area (Å²) in [5.74, 6) is -0.109. The number of hydrogen-bond acceptors (Lipinski definition) is 6. The minimum Gasteiger partial charge on any atom is -0.384 e. The fourth-order valence-electron chi connectivity index (χ4n) is 5.14. The number of carbonyl (C=O) groups is 2. The highest BCUT2D eigenvalue weighted by molar-refractivity contribution is 6.30. The molecule has 3 N–H and O–H groups in total. The van der Waals surface area contributed by atoms with Crippen LogP contribution in [0.25, 0.3) is 0 Å². The maximum Gasteiger partial charge on any atom is 0.245 e. The molecule has 7 nitrogen and oxygen atoms in total. The van der Waals surface area contributed by atoms with Crippen LogP contribution in [0.1, 0.15) is 32.3 Å². The van der Waals surface area contributed by atoms with Crippen LogP contribution in [0.4, 0.5) is 11.5 Å². The van der Waals surface area contributed by atoms with Gasteiger partial charge in [-0.2, -0.15) is 5.26 Å². The molecule has 8 heteroatoms. The topological polar surface area (TPSA) is 112 Å². The van der Waals surface area contributed by atoms with Crippen molar-refractivity contribution in [3.63, 3.8) is 0 Å². The number of ketones is 1. The van der Waals surface area contributed by atoms with Crippen LogP contribution in [0, 0.1) is 16.7 Å². The third-order valence-corrected chi connectivity index (χ3v) is 6.57. The van der Waals surface area contributed by atoms with Gasteiger partial charge in [-0.25, -0.2) is 4.98 Å². The molecule has 3 heterocycles. The highest BCUT2D eigenvalue weighted by Crippen LogP contribution is 2.56. The number of nitrogens with zero attached hydrogens (tertiary/aromatic N) is 3. The van der Waals surface area contributed by atoms with E-state index in [0.29, 0.717) is 39.8 Å². The number of Topliss-reactive ketones (excluding diaryl/α,β-unsaturated/α-hetero) is 1. The lowest BCUT2D eigenvalue weighted by Gasteiger charge is -2.46. The molecule has 0 saturated carbocycles. The number of nitrogens with one attached hydrogen (secondary N) is 1. The summed E-state index contributed by atoms with van der Waals surface area (Å²) in [5, 5.41) is 13.6. The van der Waals surface area contributed by atoms with Gasteiger partial charge >= 0.3 is 0 Å². The van der Waals surface area contributed by atoms with Gasteiger partial charge in [0.2, 0.25) is 5.91 Å². The zero-order chi connectivity index (χ0) is 22.8. The predicted octanol–water partition coefficient (Wildman–Crippen LogP) is 3.78. The van der Waals surface area contributed by atoms with Crippen LogP contribution in [0.5, 0.6) is 0 Å². The Morgan fingerprint density at radius 2 is 1.94 bits per heavy atom. The number of halogens is 1. The molecule has 5 rings (SSSR count). The van der Waals surface area contributed by atoms with Crippen molar-refractivity contribution >= 4 is 34.8 Å². The molecule has 0 fully saturated rings. The van der Waals surface area contributed by atoms with Gasteiger partial charge in [0, 0.05) is 35.1 Å². The summed E-state index contributed by atoms with van der Waals surface area (Å²) >= 11 is 6.03. The Labute approximate surface area is 190 Å². The average Bonchev–Trinajstić information content (AvgIpc) is 3.01. The molecule has 0 bridgehead atoms. The van der Waals surface area contributed by atoms with Crippen molar-refractivity contribution < 1.29 is 9.59 Å². The summed E-state index contributed by atoms with van der Waals surface area (Å²) in [6.45, 7) is 3.99. The van der Waals surface area contributed by atoms with Crippen molar-refractivity contribution in [2.24, 2.45) is 11.1 Å². The van der Waals surface area contributed by atoms with Crippen LogP contribution in [-0.4, -0.2) is 16.7 Å². The highest BCUT2D eigenvalue weighted by Gasteiger charge is 2.61. The smallest absolute Gasteiger partial charge is 0.245 e. The number of nitrogens with two attached hydrogens (primary N) is 1. The quantitative estimate of drug-likeness (QED) is 0.690. The summed E-state index contributed by atoms with van der Waals surface area (Å²) in [6, 6.07) is 12.6. The zero-order valence-corrected chi connectivity index (χ0v) is 18.3. The number of pyridine rings is 1. The van der Waals surface area contributed by atoms with Gasteiger partial charge in [0.25, 0.3) is 0 Å². The third-order valence-electron chi connectivity index (χ3n) is 6.34. The third kappa shape index (κ3) is 2.56. The van der Waals surface area contributed by atoms with Crippen LogP contribution in [0.2, 0.25) is 5.02 Å². The van der Waals surface area contributed by atoms with E-state index in [4.69, 9.17) is 17.3 Å². The molecule has 32 heavy (non-hydrogen) atoms. The van der Waals surface area contributed by atoms with Gasteiger partial charge in [-0.3, -0.25) is 14.5 Å². The summed E-state index contributed by atoms with van der Waals surface area (Å²) in [7, 11) is 0. The molecule has 1 aromatic heterocycles. The SMILES string of the molecule is CC1(C)CC(=O)C2=C(C1)N(c1ccc(Cl)cn1)C(N)=C(C#N)[C@]21C(=O)Nc2ccccc21. The first-order valence-corrected chi connectivity index (χ1v) is 10.6. The van der Waals surface area contributed by atoms with E-state index in [1.807, 2.05) is 13.8 Å². The first-order valence-electron chi connectivity index (χ1n) is 10.2. The maximum absolute atomic E-state index is 13.7. The Balaban J connectivity index is 1.89. The van der Waals surface area contributed by atoms with E-state index >= 15 is 0 Å². The van der Waals surface area contributed by atoms with Crippen molar-refractivity contribution in [1.82, 2.24) is 4.98 Å². The lowest BCUT2D eigenvalue weighted by molar-refractivity contribution is -0.123. The van der Waals surface area contributed by atoms with Gasteiger partial charge in [-0.05, 0) is 30.0 Å². The van der Waals surface area contributed by atoms with Crippen molar-refractivity contribution in [3.05, 3.63) is 75.8 Å². The Bertz CT molecular complexity index is 1300. The van der Waals surface area contributed by atoms with Gasteiger partial charge in [0.1, 0.15) is 23.1 Å². The average molecular weight is 446 g/mol. The number of hydrogen-bond donors (Lipinski definition) is 2. The second-order valence-corrected chi connectivity index (χ2v) is 9.49. The molecule has 0 radical (unpaired) electrons. The molecule has 2 aromatic rings. The zero-order valence-electron chi connectivity index (χ0n) is 17.6. The number of fused-ring (bicyclic) bond motifs is 3. The molecule has 0 unspecified atom stereocenters. The van der Waals surface area contributed by atoms with Crippen LogP contribution >= 0.6 is 11.6 Å². The van der Waals surface area contributed by atoms with Crippen LogP contribution in [0.3, 0.4) is 0 Å². The standard InChI is InChI=1S/C24H20ClN5O2/c1-23(2)9-17-20(18(31)10-23)24(14-5-3-4-6-16(14)29-22(24)32)15(11-26)21(27)30(17)19-8-7-13(25)12-28-19/h3-8,12H,9-10,27H2,1-2H3,(H,29,32)/t24-/m0/s1. The summed E-state index contributed by atoms with van der Waals surface area (Å²) < 4.78 is 0. The van der Waals surface area contributed by atoms with Gasteiger partial charge in [-0.15, -0.1) is 0 Å². The second-order valence-electron chi connectivity index (χ2n) is 9.05. The molecule has 1 aromatic carbocycles. The first kappa shape index (κ1) is 20.3. The molecule has 0 saturated heterocycles. The summed E-state index contributed by atoms with van der Waals surface area (Å²) in [5.41, 5.74) is 6.69. The van der Waals surface area contributed by atoms with Gasteiger partial charge in [-0.1, -0.05) is 43.6 Å². The monoisotopic (exact) mass is 445 g/mol. The number of carbonyl (C=O) groups excluding carboxylic acids is 2. The number of aromatic nitrogens is 1. The largest absolute Gasteiger partial charge is 0.384 e. The van der Waals surface area contributed by atoms with E-state index < -0.39 is 11.3 Å². The Morgan fingerprint density at radius 1 is 1.19 bits per heavy atom. The fourth-order valence-corrected chi connectivity index (χ4v) is 5.25. The Morgan fingerprint density at radius 3 is 2.62 bits per heavy atom. The minimum atomic E-state index is -1.58. The molecule has 1 atom stereocenters. The first-order chi connectivity index (χ1) is 15.2. The van der Waals surface area contributed by atoms with Crippen molar-refractivity contribution in [2.45, 2.75) is 32.1 Å². The number of allylic oxidation sites excluding steroid dienone is 1. The highest BCUT2D eigenvalue weighted by atomic mass is 35.5. The number of benzene rings is 1. The summed E-state index contributed by atoms with van der Waals surface area (Å²) in [4.78, 5) is 33.3. The van der Waals surface area contributed by atoms with Gasteiger partial charge in [0.05, 0.1) is 10.6 Å². The van der Waals surface area contributed by atoms with E-state index in [-0.39, 0.29) is 29.0 Å². The maximum atomic E-state index is 13.7. The number of amides is 1. The Hall–Kier alpha value is -3.63. The van der Waals surface area contributed by atoms with Gasteiger partial charge in [0.15, 0.2) is 5.78 Å². The van der Waals surface area contributed by atoms with E-state index in [9.17, 15) is 14.9 Å². The lowest BCUT2D eigenvalue weighted by Crippen LogP contribution is -2.52. The normalized spacial score (nSPS) is 23.8. The molecule has 2 aliphatic heterocycles. The molecule has 1 aliphatic carbocycles. The van der Waals surface area contributed by atoms with E-state index in [1.54, 1.807) is 41.3 Å². The summed E-state index contributed by atoms with van der Waals surface area (Å²) in [6.07, 6.45) is 2.21. The molecule has 3 aliphatic rings. The van der Waals surface area contributed by atoms with Crippen molar-refractivity contribution in [2.75, 3.05) is 10.2 Å². The number of para-hydroxylation sites is 1. The van der Waals surface area contributed by atoms with E-state index in [1.165, 1.54) is 6.20 Å². The molecular formula is C24H20ClN5O2. The number of anilines is 2. The number of nitriles is 1. The van der Waals surface area contributed by atoms with Crippen LogP contribution < -0.4 is 16.0 Å². The number of rotatable bonds is 1. The molecule has 1 spiro atoms. The van der Waals surface area contributed by atoms with Crippen molar-refractivity contribution in [3.8, 4) is 6.07 Å². The van der Waals surface area contributed by atoms with Crippen LogP contribution in [0.15, 0.2) is 65.3 Å². The predicted molar refractivity (Wildman–Crippen MR) is 120 cm³/mol. The fraction of sp³-hybridized carbons (Fsp3) is 0.250. The van der Waals surface area contributed by atoms with Crippen LogP contribution in [-0.2, 0) is 15.0 Å². The molecule has 1 amide bonds.